The van der Waals surface area contributed by atoms with Crippen molar-refractivity contribution in [2.75, 3.05) is 19.7 Å². The third-order valence-corrected chi connectivity index (χ3v) is 3.07. The molecule has 1 fully saturated rings. The standard InChI is InChI=1S/C15H20FNO4/c1-15(2,3)21-14(19)17-7-8-20-12(9-17)10-5-4-6-11(18)13(10)16/h4-6,12,18H,7-9H2,1-3H3. The van der Waals surface area contributed by atoms with Crippen LogP contribution in [0, 0.1) is 5.82 Å². The fourth-order valence-electron chi connectivity index (χ4n) is 2.12. The van der Waals surface area contributed by atoms with Gasteiger partial charge < -0.3 is 19.5 Å². The van der Waals surface area contributed by atoms with E-state index in [0.717, 1.165) is 0 Å². The zero-order chi connectivity index (χ0) is 15.6. The van der Waals surface area contributed by atoms with Crippen LogP contribution in [0.3, 0.4) is 0 Å². The monoisotopic (exact) mass is 297 g/mol. The van der Waals surface area contributed by atoms with E-state index in [4.69, 9.17) is 9.47 Å². The average Bonchev–Trinajstić information content (AvgIpc) is 2.40. The first-order chi connectivity index (χ1) is 9.78. The Morgan fingerprint density at radius 3 is 2.86 bits per heavy atom. The summed E-state index contributed by atoms with van der Waals surface area (Å²) in [5.41, 5.74) is -0.343. The highest BCUT2D eigenvalue weighted by Gasteiger charge is 2.30. The second-order valence-corrected chi connectivity index (χ2v) is 5.97. The number of carbonyl (C=O) groups excluding carboxylic acids is 1. The van der Waals surface area contributed by atoms with Gasteiger partial charge >= 0.3 is 6.09 Å². The van der Waals surface area contributed by atoms with Crippen LogP contribution in [0.1, 0.15) is 32.4 Å². The van der Waals surface area contributed by atoms with E-state index in [-0.39, 0.29) is 12.1 Å². The molecule has 1 aliphatic heterocycles. The minimum absolute atomic E-state index is 0.190. The summed E-state index contributed by atoms with van der Waals surface area (Å²) < 4.78 is 24.7. The number of halogens is 1. The minimum atomic E-state index is -0.714. The number of carbonyl (C=O) groups is 1. The van der Waals surface area contributed by atoms with E-state index in [9.17, 15) is 14.3 Å². The van der Waals surface area contributed by atoms with Crippen molar-refractivity contribution in [3.63, 3.8) is 0 Å². The van der Waals surface area contributed by atoms with Gasteiger partial charge in [-0.1, -0.05) is 12.1 Å². The second kappa shape index (κ2) is 5.89. The maximum absolute atomic E-state index is 13.9. The third kappa shape index (κ3) is 3.85. The Bertz CT molecular complexity index is 527. The van der Waals surface area contributed by atoms with Crippen LogP contribution in [0.5, 0.6) is 5.75 Å². The van der Waals surface area contributed by atoms with Crippen LogP contribution in [0.2, 0.25) is 0 Å². The Labute approximate surface area is 123 Å². The molecule has 1 aliphatic rings. The lowest BCUT2D eigenvalue weighted by atomic mass is 10.1. The van der Waals surface area contributed by atoms with Gasteiger partial charge in [0.05, 0.1) is 13.2 Å². The predicted molar refractivity (Wildman–Crippen MR) is 74.6 cm³/mol. The van der Waals surface area contributed by atoms with Gasteiger partial charge in [-0.05, 0) is 26.8 Å². The van der Waals surface area contributed by atoms with Crippen molar-refractivity contribution in [3.8, 4) is 5.75 Å². The number of phenolic OH excluding ortho intramolecular Hbond substituents is 1. The number of benzene rings is 1. The molecular formula is C15H20FNO4. The quantitative estimate of drug-likeness (QED) is 0.866. The van der Waals surface area contributed by atoms with Gasteiger partial charge in [-0.15, -0.1) is 0 Å². The number of rotatable bonds is 1. The largest absolute Gasteiger partial charge is 0.505 e. The fourth-order valence-corrected chi connectivity index (χ4v) is 2.12. The Morgan fingerprint density at radius 1 is 1.48 bits per heavy atom. The molecule has 0 bridgehead atoms. The number of hydrogen-bond donors (Lipinski definition) is 1. The molecule has 0 radical (unpaired) electrons. The molecule has 2 rings (SSSR count). The molecule has 5 nitrogen and oxygen atoms in total. The molecule has 1 saturated heterocycles. The topological polar surface area (TPSA) is 59.0 Å². The molecule has 116 valence electrons. The van der Waals surface area contributed by atoms with Crippen LogP contribution in [0.15, 0.2) is 18.2 Å². The molecular weight excluding hydrogens is 277 g/mol. The summed E-state index contributed by atoms with van der Waals surface area (Å²) in [7, 11) is 0. The van der Waals surface area contributed by atoms with E-state index < -0.39 is 29.4 Å². The predicted octanol–water partition coefficient (Wildman–Crippen LogP) is 2.84. The van der Waals surface area contributed by atoms with Crippen molar-refractivity contribution < 1.29 is 23.8 Å². The Morgan fingerprint density at radius 2 is 2.19 bits per heavy atom. The van der Waals surface area contributed by atoms with Gasteiger partial charge in [0.2, 0.25) is 0 Å². The molecule has 1 aromatic carbocycles. The summed E-state index contributed by atoms with van der Waals surface area (Å²) in [6.07, 6.45) is -1.06. The highest BCUT2D eigenvalue weighted by molar-refractivity contribution is 5.68. The van der Waals surface area contributed by atoms with Crippen LogP contribution in [0.4, 0.5) is 9.18 Å². The van der Waals surface area contributed by atoms with Crippen LogP contribution in [-0.4, -0.2) is 41.4 Å². The molecule has 21 heavy (non-hydrogen) atoms. The number of aromatic hydroxyl groups is 1. The van der Waals surface area contributed by atoms with Gasteiger partial charge in [0.25, 0.3) is 0 Å². The van der Waals surface area contributed by atoms with E-state index in [1.807, 2.05) is 0 Å². The maximum atomic E-state index is 13.9. The zero-order valence-corrected chi connectivity index (χ0v) is 12.4. The summed E-state index contributed by atoms with van der Waals surface area (Å²) in [4.78, 5) is 13.5. The van der Waals surface area contributed by atoms with Crippen LogP contribution in [-0.2, 0) is 9.47 Å². The van der Waals surface area contributed by atoms with Gasteiger partial charge in [0.15, 0.2) is 11.6 Å². The number of morpholine rings is 1. The summed E-state index contributed by atoms with van der Waals surface area (Å²) in [5, 5.41) is 9.42. The SMILES string of the molecule is CC(C)(C)OC(=O)N1CCOC(c2cccc(O)c2F)C1. The van der Waals surface area contributed by atoms with Crippen LogP contribution in [0.25, 0.3) is 0 Å². The average molecular weight is 297 g/mol. The lowest BCUT2D eigenvalue weighted by Gasteiger charge is -2.34. The molecule has 0 spiro atoms. The maximum Gasteiger partial charge on any atom is 0.410 e. The van der Waals surface area contributed by atoms with Gasteiger partial charge in [-0.2, -0.15) is 0 Å². The molecule has 1 unspecified atom stereocenters. The smallest absolute Gasteiger partial charge is 0.410 e. The molecule has 6 heteroatoms. The lowest BCUT2D eigenvalue weighted by molar-refractivity contribution is -0.0444. The van der Waals surface area contributed by atoms with E-state index in [1.165, 1.54) is 17.0 Å². The molecule has 1 N–H and O–H groups in total. The molecule has 1 atom stereocenters. The molecule has 0 aliphatic carbocycles. The second-order valence-electron chi connectivity index (χ2n) is 5.97. The third-order valence-electron chi connectivity index (χ3n) is 3.07. The lowest BCUT2D eigenvalue weighted by Crippen LogP contribution is -2.44. The van der Waals surface area contributed by atoms with Crippen molar-refractivity contribution in [3.05, 3.63) is 29.6 Å². The van der Waals surface area contributed by atoms with Crippen LogP contribution >= 0.6 is 0 Å². The van der Waals surface area contributed by atoms with Crippen molar-refractivity contribution in [1.29, 1.82) is 0 Å². The molecule has 1 heterocycles. The summed E-state index contributed by atoms with van der Waals surface area (Å²) in [5.74, 6) is -1.14. The number of amides is 1. The minimum Gasteiger partial charge on any atom is -0.505 e. The molecule has 0 aromatic heterocycles. The first-order valence-corrected chi connectivity index (χ1v) is 6.85. The number of ether oxygens (including phenoxy) is 2. The Balaban J connectivity index is 2.10. The summed E-state index contributed by atoms with van der Waals surface area (Å²) in [6.45, 7) is 6.24. The normalized spacial score (nSPS) is 19.4. The van der Waals surface area contributed by atoms with Gasteiger partial charge in [0.1, 0.15) is 11.7 Å². The Hall–Kier alpha value is -1.82. The summed E-state index contributed by atoms with van der Waals surface area (Å²) >= 11 is 0. The van der Waals surface area contributed by atoms with E-state index >= 15 is 0 Å². The number of phenols is 1. The van der Waals surface area contributed by atoms with Crippen molar-refractivity contribution in [2.24, 2.45) is 0 Å². The van der Waals surface area contributed by atoms with E-state index in [0.29, 0.717) is 13.2 Å². The first kappa shape index (κ1) is 15.6. The fraction of sp³-hybridized carbons (Fsp3) is 0.533. The van der Waals surface area contributed by atoms with Gasteiger partial charge in [0, 0.05) is 12.1 Å². The Kier molecular flexibility index (Phi) is 4.37. The van der Waals surface area contributed by atoms with Crippen molar-refractivity contribution in [1.82, 2.24) is 4.90 Å². The molecule has 1 aromatic rings. The molecule has 0 saturated carbocycles. The zero-order valence-electron chi connectivity index (χ0n) is 12.4. The highest BCUT2D eigenvalue weighted by Crippen LogP contribution is 2.29. The van der Waals surface area contributed by atoms with E-state index in [2.05, 4.69) is 0 Å². The number of hydrogen-bond acceptors (Lipinski definition) is 4. The van der Waals surface area contributed by atoms with Crippen molar-refractivity contribution in [2.45, 2.75) is 32.5 Å². The van der Waals surface area contributed by atoms with Crippen molar-refractivity contribution >= 4 is 6.09 Å². The van der Waals surface area contributed by atoms with Gasteiger partial charge in [-0.3, -0.25) is 0 Å². The van der Waals surface area contributed by atoms with Crippen LogP contribution < -0.4 is 0 Å². The number of nitrogens with zero attached hydrogens (tertiary/aromatic N) is 1. The van der Waals surface area contributed by atoms with E-state index in [1.54, 1.807) is 26.8 Å². The first-order valence-electron chi connectivity index (χ1n) is 6.85. The summed E-state index contributed by atoms with van der Waals surface area (Å²) in [6, 6.07) is 4.36. The van der Waals surface area contributed by atoms with Gasteiger partial charge in [-0.25, -0.2) is 9.18 Å². The molecule has 1 amide bonds. The highest BCUT2D eigenvalue weighted by atomic mass is 19.1.